The lowest BCUT2D eigenvalue weighted by Gasteiger charge is -2.18. The van der Waals surface area contributed by atoms with Crippen LogP contribution in [-0.2, 0) is 6.42 Å². The van der Waals surface area contributed by atoms with Gasteiger partial charge in [0.25, 0.3) is 5.91 Å². The first kappa shape index (κ1) is 19.3. The zero-order valence-electron chi connectivity index (χ0n) is 16.9. The SMILES string of the molecule is COc1ccc(C2=C(Cl)Cc3c(-c4ccccc4)c(-c4ccccc4)nn3C2=O)cc1. The zero-order valence-corrected chi connectivity index (χ0v) is 17.6. The molecule has 0 atom stereocenters. The van der Waals surface area contributed by atoms with E-state index in [1.165, 1.54) is 4.68 Å². The van der Waals surface area contributed by atoms with E-state index in [1.807, 2.05) is 84.9 Å². The highest BCUT2D eigenvalue weighted by molar-refractivity contribution is 6.40. The summed E-state index contributed by atoms with van der Waals surface area (Å²) in [5.41, 5.74) is 5.70. The quantitative estimate of drug-likeness (QED) is 0.397. The number of nitrogens with zero attached hydrogens (tertiary/aromatic N) is 2. The van der Waals surface area contributed by atoms with Gasteiger partial charge in [0.1, 0.15) is 11.4 Å². The number of ether oxygens (including phenoxy) is 1. The van der Waals surface area contributed by atoms with E-state index >= 15 is 0 Å². The molecule has 1 aliphatic rings. The van der Waals surface area contributed by atoms with Crippen LogP contribution in [0.15, 0.2) is 90.0 Å². The van der Waals surface area contributed by atoms with Crippen LogP contribution in [0.3, 0.4) is 0 Å². The van der Waals surface area contributed by atoms with Crippen molar-refractivity contribution in [1.29, 1.82) is 0 Å². The van der Waals surface area contributed by atoms with Crippen LogP contribution in [0, 0.1) is 0 Å². The van der Waals surface area contributed by atoms with Crippen LogP contribution in [0.4, 0.5) is 0 Å². The van der Waals surface area contributed by atoms with Crippen molar-refractivity contribution < 1.29 is 9.53 Å². The molecular formula is C26H19ClN2O2. The minimum atomic E-state index is -0.226. The Morgan fingerprint density at radius 1 is 0.839 bits per heavy atom. The zero-order chi connectivity index (χ0) is 21.4. The molecule has 152 valence electrons. The van der Waals surface area contributed by atoms with Crippen LogP contribution in [0.25, 0.3) is 28.0 Å². The Morgan fingerprint density at radius 3 is 2.06 bits per heavy atom. The fraction of sp³-hybridized carbons (Fsp3) is 0.0769. The van der Waals surface area contributed by atoms with Crippen molar-refractivity contribution in [2.24, 2.45) is 0 Å². The lowest BCUT2D eigenvalue weighted by Crippen LogP contribution is -2.22. The summed E-state index contributed by atoms with van der Waals surface area (Å²) in [6.45, 7) is 0. The topological polar surface area (TPSA) is 44.1 Å². The van der Waals surface area contributed by atoms with Crippen LogP contribution >= 0.6 is 11.6 Å². The Balaban J connectivity index is 1.69. The lowest BCUT2D eigenvalue weighted by molar-refractivity contribution is 0.0959. The Hall–Kier alpha value is -3.63. The van der Waals surface area contributed by atoms with Crippen LogP contribution in [0.2, 0.25) is 0 Å². The van der Waals surface area contributed by atoms with Gasteiger partial charge in [-0.2, -0.15) is 9.78 Å². The first-order valence-electron chi connectivity index (χ1n) is 9.98. The molecule has 0 fully saturated rings. The maximum absolute atomic E-state index is 13.5. The van der Waals surface area contributed by atoms with Crippen molar-refractivity contribution in [1.82, 2.24) is 9.78 Å². The van der Waals surface area contributed by atoms with Crippen molar-refractivity contribution >= 4 is 23.1 Å². The number of benzene rings is 3. The molecule has 0 radical (unpaired) electrons. The predicted molar refractivity (Wildman–Crippen MR) is 123 cm³/mol. The first-order chi connectivity index (χ1) is 15.2. The van der Waals surface area contributed by atoms with Gasteiger partial charge in [-0.1, -0.05) is 84.4 Å². The molecule has 1 aromatic heterocycles. The molecule has 0 spiro atoms. The molecule has 0 saturated carbocycles. The number of carbonyl (C=O) groups excluding carboxylic acids is 1. The predicted octanol–water partition coefficient (Wildman–Crippen LogP) is 6.07. The number of hydrogen-bond acceptors (Lipinski definition) is 3. The van der Waals surface area contributed by atoms with E-state index in [0.717, 1.165) is 39.4 Å². The number of allylic oxidation sites excluding steroid dienone is 2. The Kier molecular flexibility index (Phi) is 4.92. The summed E-state index contributed by atoms with van der Waals surface area (Å²) >= 11 is 6.71. The molecule has 1 aliphatic heterocycles. The first-order valence-corrected chi connectivity index (χ1v) is 10.4. The minimum Gasteiger partial charge on any atom is -0.497 e. The van der Waals surface area contributed by atoms with Gasteiger partial charge in [-0.25, -0.2) is 0 Å². The van der Waals surface area contributed by atoms with Gasteiger partial charge in [-0.3, -0.25) is 4.79 Å². The van der Waals surface area contributed by atoms with E-state index < -0.39 is 0 Å². The lowest BCUT2D eigenvalue weighted by atomic mass is 9.94. The average Bonchev–Trinajstić information content (AvgIpc) is 3.20. The summed E-state index contributed by atoms with van der Waals surface area (Å²) in [6, 6.07) is 27.3. The molecule has 0 N–H and O–H groups in total. The van der Waals surface area contributed by atoms with Crippen molar-refractivity contribution in [3.05, 3.63) is 101 Å². The summed E-state index contributed by atoms with van der Waals surface area (Å²) in [5, 5.41) is 5.29. The third-order valence-electron chi connectivity index (χ3n) is 5.47. The number of carbonyl (C=O) groups is 1. The molecule has 5 heteroatoms. The summed E-state index contributed by atoms with van der Waals surface area (Å²) < 4.78 is 6.74. The summed E-state index contributed by atoms with van der Waals surface area (Å²) in [4.78, 5) is 13.5. The maximum Gasteiger partial charge on any atom is 0.280 e. The Morgan fingerprint density at radius 2 is 1.45 bits per heavy atom. The van der Waals surface area contributed by atoms with E-state index in [4.69, 9.17) is 21.4 Å². The van der Waals surface area contributed by atoms with Crippen molar-refractivity contribution in [2.45, 2.75) is 6.42 Å². The van der Waals surface area contributed by atoms with Gasteiger partial charge in [0.2, 0.25) is 0 Å². The highest BCUT2D eigenvalue weighted by atomic mass is 35.5. The van der Waals surface area contributed by atoms with Gasteiger partial charge in [-0.15, -0.1) is 0 Å². The molecule has 2 heterocycles. The molecule has 5 rings (SSSR count). The van der Waals surface area contributed by atoms with E-state index in [9.17, 15) is 4.79 Å². The summed E-state index contributed by atoms with van der Waals surface area (Å²) in [6.07, 6.45) is 0.429. The van der Waals surface area contributed by atoms with E-state index in [0.29, 0.717) is 17.0 Å². The van der Waals surface area contributed by atoms with Crippen LogP contribution < -0.4 is 4.74 Å². The van der Waals surface area contributed by atoms with E-state index in [2.05, 4.69) is 0 Å². The van der Waals surface area contributed by atoms with Crippen molar-refractivity contribution in [3.8, 4) is 28.1 Å². The standard InChI is InChI=1S/C26H19ClN2O2/c1-31-20-14-12-18(13-15-20)23-21(27)16-22-24(17-8-4-2-5-9-17)25(28-29(22)26(23)30)19-10-6-3-7-11-19/h2-15H,16H2,1H3. The van der Waals surface area contributed by atoms with Crippen molar-refractivity contribution in [2.75, 3.05) is 7.11 Å². The molecule has 4 aromatic rings. The average molecular weight is 427 g/mol. The minimum absolute atomic E-state index is 0.226. The molecule has 4 nitrogen and oxygen atoms in total. The molecule has 0 amide bonds. The number of halogens is 1. The normalized spacial score (nSPS) is 13.3. The third kappa shape index (κ3) is 3.35. The van der Waals surface area contributed by atoms with E-state index in [-0.39, 0.29) is 5.91 Å². The Bertz CT molecular complexity index is 1290. The molecule has 0 unspecified atom stereocenters. The van der Waals surface area contributed by atoms with Gasteiger partial charge in [0.05, 0.1) is 18.4 Å². The Labute approximate surface area is 185 Å². The monoisotopic (exact) mass is 426 g/mol. The fourth-order valence-corrected chi connectivity index (χ4v) is 4.30. The highest BCUT2D eigenvalue weighted by Crippen LogP contribution is 2.40. The highest BCUT2D eigenvalue weighted by Gasteiger charge is 2.32. The third-order valence-corrected chi connectivity index (χ3v) is 5.79. The smallest absolute Gasteiger partial charge is 0.280 e. The van der Waals surface area contributed by atoms with E-state index in [1.54, 1.807) is 7.11 Å². The number of rotatable bonds is 4. The second kappa shape index (κ2) is 7.89. The van der Waals surface area contributed by atoms with Crippen LogP contribution in [-0.4, -0.2) is 22.8 Å². The van der Waals surface area contributed by atoms with Gasteiger partial charge in [0, 0.05) is 22.6 Å². The number of aromatic nitrogens is 2. The van der Waals surface area contributed by atoms with Crippen molar-refractivity contribution in [3.63, 3.8) is 0 Å². The number of hydrogen-bond donors (Lipinski definition) is 0. The maximum atomic E-state index is 13.5. The van der Waals surface area contributed by atoms with Gasteiger partial charge in [-0.05, 0) is 23.3 Å². The summed E-state index contributed by atoms with van der Waals surface area (Å²) in [7, 11) is 1.61. The van der Waals surface area contributed by atoms with Crippen LogP contribution in [0.5, 0.6) is 5.75 Å². The molecule has 0 aliphatic carbocycles. The largest absolute Gasteiger partial charge is 0.497 e. The van der Waals surface area contributed by atoms with Crippen LogP contribution in [0.1, 0.15) is 16.1 Å². The second-order valence-corrected chi connectivity index (χ2v) is 7.76. The van der Waals surface area contributed by atoms with Gasteiger partial charge in [0.15, 0.2) is 0 Å². The molecular weight excluding hydrogens is 408 g/mol. The number of methoxy groups -OCH3 is 1. The molecule has 31 heavy (non-hydrogen) atoms. The van der Waals surface area contributed by atoms with Gasteiger partial charge < -0.3 is 4.74 Å². The molecule has 3 aromatic carbocycles. The fourth-order valence-electron chi connectivity index (χ4n) is 3.99. The molecule has 0 bridgehead atoms. The second-order valence-electron chi connectivity index (χ2n) is 7.30. The summed E-state index contributed by atoms with van der Waals surface area (Å²) in [5.74, 6) is 0.497. The molecule has 0 saturated heterocycles. The number of fused-ring (bicyclic) bond motifs is 1. The van der Waals surface area contributed by atoms with Gasteiger partial charge >= 0.3 is 0 Å².